The Balaban J connectivity index is 1.08. The SMILES string of the molecule is c1ccc(-c2ccc(N(c3ccccc3)c3ccc(-c4cccc(-c5cccc6c5sc5ccc7ccccc7c56)c4)cc3)cc2)cc1. The predicted octanol–water partition coefficient (Wildman–Crippen LogP) is 13.7. The standard InChI is InChI=1S/C46H31NS/c1-3-11-32(12-4-1)33-21-26-39(27-22-33)47(38-16-5-2-6-17-38)40-28-23-34(24-29-40)36-14-9-15-37(31-36)42-19-10-20-43-45-41-18-8-7-13-35(41)25-30-44(45)48-46(42)43/h1-31H. The van der Waals surface area contributed by atoms with E-state index in [-0.39, 0.29) is 0 Å². The van der Waals surface area contributed by atoms with Gasteiger partial charge in [-0.15, -0.1) is 11.3 Å². The molecule has 0 saturated heterocycles. The van der Waals surface area contributed by atoms with E-state index in [2.05, 4.69) is 193 Å². The molecule has 0 saturated carbocycles. The molecule has 0 aliphatic heterocycles. The summed E-state index contributed by atoms with van der Waals surface area (Å²) in [5.41, 5.74) is 10.7. The molecule has 0 spiro atoms. The fourth-order valence-corrected chi connectivity index (χ4v) is 8.18. The molecule has 1 aromatic heterocycles. The van der Waals surface area contributed by atoms with Crippen molar-refractivity contribution in [2.24, 2.45) is 0 Å². The van der Waals surface area contributed by atoms with Gasteiger partial charge in [0.2, 0.25) is 0 Å². The lowest BCUT2D eigenvalue weighted by molar-refractivity contribution is 1.28. The fourth-order valence-electron chi connectivity index (χ4n) is 6.92. The molecule has 8 aromatic carbocycles. The van der Waals surface area contributed by atoms with Gasteiger partial charge in [0, 0.05) is 37.2 Å². The number of hydrogen-bond donors (Lipinski definition) is 0. The van der Waals surface area contributed by atoms with Gasteiger partial charge in [-0.3, -0.25) is 0 Å². The summed E-state index contributed by atoms with van der Waals surface area (Å²) >= 11 is 1.89. The summed E-state index contributed by atoms with van der Waals surface area (Å²) in [6, 6.07) is 67.9. The zero-order valence-corrected chi connectivity index (χ0v) is 27.1. The third-order valence-corrected chi connectivity index (χ3v) is 10.5. The van der Waals surface area contributed by atoms with Crippen LogP contribution in [0.4, 0.5) is 17.1 Å². The minimum absolute atomic E-state index is 1.12. The summed E-state index contributed by atoms with van der Waals surface area (Å²) in [5, 5.41) is 5.30. The van der Waals surface area contributed by atoms with Gasteiger partial charge in [0.25, 0.3) is 0 Å². The van der Waals surface area contributed by atoms with E-state index in [1.165, 1.54) is 64.3 Å². The highest BCUT2D eigenvalue weighted by Crippen LogP contribution is 2.43. The third kappa shape index (κ3) is 5.04. The predicted molar refractivity (Wildman–Crippen MR) is 208 cm³/mol. The highest BCUT2D eigenvalue weighted by molar-refractivity contribution is 7.26. The van der Waals surface area contributed by atoms with Crippen LogP contribution in [-0.4, -0.2) is 0 Å². The van der Waals surface area contributed by atoms with E-state index in [9.17, 15) is 0 Å². The second kappa shape index (κ2) is 12.0. The normalized spacial score (nSPS) is 11.3. The Morgan fingerprint density at radius 1 is 0.354 bits per heavy atom. The second-order valence-corrected chi connectivity index (χ2v) is 13.2. The van der Waals surface area contributed by atoms with Crippen LogP contribution < -0.4 is 4.90 Å². The maximum Gasteiger partial charge on any atom is 0.0462 e. The third-order valence-electron chi connectivity index (χ3n) is 9.27. The average Bonchev–Trinajstić information content (AvgIpc) is 3.56. The Morgan fingerprint density at radius 3 is 1.65 bits per heavy atom. The monoisotopic (exact) mass is 629 g/mol. The van der Waals surface area contributed by atoms with Crippen molar-refractivity contribution in [3.8, 4) is 33.4 Å². The molecule has 0 N–H and O–H groups in total. The minimum atomic E-state index is 1.12. The Hall–Kier alpha value is -5.96. The largest absolute Gasteiger partial charge is 0.311 e. The van der Waals surface area contributed by atoms with Gasteiger partial charge < -0.3 is 4.90 Å². The zero-order valence-electron chi connectivity index (χ0n) is 26.3. The molecule has 0 aliphatic carbocycles. The van der Waals surface area contributed by atoms with Gasteiger partial charge in [-0.05, 0) is 92.7 Å². The van der Waals surface area contributed by atoms with E-state index in [1.807, 2.05) is 11.3 Å². The van der Waals surface area contributed by atoms with Gasteiger partial charge >= 0.3 is 0 Å². The molecule has 226 valence electrons. The molecule has 0 radical (unpaired) electrons. The molecule has 0 unspecified atom stereocenters. The van der Waals surface area contributed by atoms with Crippen molar-refractivity contribution in [2.45, 2.75) is 0 Å². The fraction of sp³-hybridized carbons (Fsp3) is 0. The van der Waals surface area contributed by atoms with Crippen molar-refractivity contribution in [3.63, 3.8) is 0 Å². The first kappa shape index (κ1) is 28.3. The number of nitrogens with zero attached hydrogens (tertiary/aromatic N) is 1. The lowest BCUT2D eigenvalue weighted by Gasteiger charge is -2.26. The molecule has 1 nitrogen and oxygen atoms in total. The van der Waals surface area contributed by atoms with Crippen LogP contribution in [0.2, 0.25) is 0 Å². The van der Waals surface area contributed by atoms with E-state index >= 15 is 0 Å². The Kier molecular flexibility index (Phi) is 7.07. The first-order valence-corrected chi connectivity index (χ1v) is 17.2. The highest BCUT2D eigenvalue weighted by atomic mass is 32.1. The molecule has 0 bridgehead atoms. The van der Waals surface area contributed by atoms with E-state index in [4.69, 9.17) is 0 Å². The van der Waals surface area contributed by atoms with Crippen LogP contribution in [0.15, 0.2) is 188 Å². The molecule has 9 rings (SSSR count). The number of anilines is 3. The maximum atomic E-state index is 2.34. The van der Waals surface area contributed by atoms with Gasteiger partial charge in [-0.1, -0.05) is 140 Å². The van der Waals surface area contributed by atoms with Gasteiger partial charge in [0.05, 0.1) is 0 Å². The van der Waals surface area contributed by atoms with Crippen LogP contribution in [-0.2, 0) is 0 Å². The van der Waals surface area contributed by atoms with Crippen LogP contribution in [0, 0.1) is 0 Å². The second-order valence-electron chi connectivity index (χ2n) is 12.2. The Bertz CT molecular complexity index is 2530. The van der Waals surface area contributed by atoms with Crippen LogP contribution in [0.1, 0.15) is 0 Å². The highest BCUT2D eigenvalue weighted by Gasteiger charge is 2.15. The van der Waals surface area contributed by atoms with E-state index in [0.29, 0.717) is 0 Å². The Morgan fingerprint density at radius 2 is 0.896 bits per heavy atom. The van der Waals surface area contributed by atoms with Crippen molar-refractivity contribution in [2.75, 3.05) is 4.90 Å². The molecule has 48 heavy (non-hydrogen) atoms. The number of hydrogen-bond acceptors (Lipinski definition) is 2. The zero-order chi connectivity index (χ0) is 31.9. The summed E-state index contributed by atoms with van der Waals surface area (Å²) in [6.45, 7) is 0. The quantitative estimate of drug-likeness (QED) is 0.177. The van der Waals surface area contributed by atoms with E-state index in [0.717, 1.165) is 17.1 Å². The van der Waals surface area contributed by atoms with E-state index in [1.54, 1.807) is 0 Å². The lowest BCUT2D eigenvalue weighted by Crippen LogP contribution is -2.09. The van der Waals surface area contributed by atoms with Crippen LogP contribution in [0.3, 0.4) is 0 Å². The molecule has 9 aromatic rings. The molecular weight excluding hydrogens is 599 g/mol. The summed E-state index contributed by atoms with van der Waals surface area (Å²) in [6.07, 6.45) is 0. The van der Waals surface area contributed by atoms with Gasteiger partial charge in [0.15, 0.2) is 0 Å². The average molecular weight is 630 g/mol. The first-order valence-electron chi connectivity index (χ1n) is 16.3. The minimum Gasteiger partial charge on any atom is -0.311 e. The molecule has 2 heteroatoms. The van der Waals surface area contributed by atoms with E-state index < -0.39 is 0 Å². The smallest absolute Gasteiger partial charge is 0.0462 e. The van der Waals surface area contributed by atoms with Crippen molar-refractivity contribution in [1.82, 2.24) is 0 Å². The number of para-hydroxylation sites is 1. The van der Waals surface area contributed by atoms with Gasteiger partial charge in [0.1, 0.15) is 0 Å². The summed E-state index contributed by atoms with van der Waals surface area (Å²) in [7, 11) is 0. The first-order chi connectivity index (χ1) is 23.8. The van der Waals surface area contributed by atoms with Gasteiger partial charge in [-0.2, -0.15) is 0 Å². The molecule has 0 fully saturated rings. The summed E-state index contributed by atoms with van der Waals surface area (Å²) < 4.78 is 2.67. The Labute approximate surface area is 284 Å². The number of rotatable bonds is 6. The maximum absolute atomic E-state index is 2.34. The lowest BCUT2D eigenvalue weighted by atomic mass is 9.97. The molecule has 1 heterocycles. The topological polar surface area (TPSA) is 3.24 Å². The molecular formula is C46H31NS. The van der Waals surface area contributed by atoms with Gasteiger partial charge in [-0.25, -0.2) is 0 Å². The van der Waals surface area contributed by atoms with Crippen LogP contribution >= 0.6 is 11.3 Å². The van der Waals surface area contributed by atoms with Crippen molar-refractivity contribution in [3.05, 3.63) is 188 Å². The van der Waals surface area contributed by atoms with Crippen molar-refractivity contribution < 1.29 is 0 Å². The van der Waals surface area contributed by atoms with Crippen molar-refractivity contribution >= 4 is 59.3 Å². The number of thiophene rings is 1. The van der Waals surface area contributed by atoms with Crippen molar-refractivity contribution in [1.29, 1.82) is 0 Å². The number of fused-ring (bicyclic) bond motifs is 5. The molecule has 0 atom stereocenters. The summed E-state index contributed by atoms with van der Waals surface area (Å²) in [5.74, 6) is 0. The van der Waals surface area contributed by atoms with Crippen LogP contribution in [0.25, 0.3) is 64.3 Å². The molecule has 0 amide bonds. The summed E-state index contributed by atoms with van der Waals surface area (Å²) in [4.78, 5) is 2.32. The van der Waals surface area contributed by atoms with Crippen LogP contribution in [0.5, 0.6) is 0 Å². The molecule has 0 aliphatic rings. The number of benzene rings is 8.